The summed E-state index contributed by atoms with van der Waals surface area (Å²) in [6.07, 6.45) is 0. The Kier molecular flexibility index (Phi) is 6.34. The Hall–Kier alpha value is -3.10. The fraction of sp³-hybridized carbons (Fsp3) is 0.190. The van der Waals surface area contributed by atoms with Crippen LogP contribution in [0.1, 0.15) is 72.4 Å². The highest BCUT2D eigenvalue weighted by Crippen LogP contribution is 2.69. The van der Waals surface area contributed by atoms with E-state index in [4.69, 9.17) is 0 Å². The third-order valence-corrected chi connectivity index (χ3v) is 17.5. The molecule has 6 heteroatoms. The molecule has 0 atom stereocenters. The smallest absolute Gasteiger partial charge is 0.0922 e. The molecular weight excluding hydrogens is 697 g/mol. The van der Waals surface area contributed by atoms with E-state index >= 15 is 0 Å². The first kappa shape index (κ1) is 29.8. The van der Waals surface area contributed by atoms with Crippen LogP contribution in [-0.4, -0.2) is 0 Å². The zero-order valence-electron chi connectivity index (χ0n) is 27.5. The first-order valence-electron chi connectivity index (χ1n) is 16.3. The SMILES string of the molecule is Cc1ccc2c(c1)C(c1ccc(C)s1)(c1ccc(C)s1)c1c-2sc2c3c(sc12)-c1ccc(C)cc1C3(c1ccc(C)s1)c1ccc(C)s1. The van der Waals surface area contributed by atoms with Gasteiger partial charge in [0.25, 0.3) is 0 Å². The van der Waals surface area contributed by atoms with E-state index in [0.29, 0.717) is 0 Å². The van der Waals surface area contributed by atoms with Crippen LogP contribution in [0.25, 0.3) is 30.3 Å². The summed E-state index contributed by atoms with van der Waals surface area (Å²) in [7, 11) is 0. The molecule has 6 aromatic heterocycles. The Balaban J connectivity index is 1.40. The van der Waals surface area contributed by atoms with Crippen LogP contribution < -0.4 is 0 Å². The molecule has 236 valence electrons. The van der Waals surface area contributed by atoms with Gasteiger partial charge in [0.1, 0.15) is 0 Å². The van der Waals surface area contributed by atoms with Crippen molar-refractivity contribution in [3.05, 3.63) is 157 Å². The van der Waals surface area contributed by atoms with Crippen molar-refractivity contribution in [1.29, 1.82) is 0 Å². The second kappa shape index (κ2) is 10.2. The maximum Gasteiger partial charge on any atom is 0.0922 e. The van der Waals surface area contributed by atoms with E-state index in [1.165, 1.54) is 103 Å². The van der Waals surface area contributed by atoms with E-state index in [0.717, 1.165) is 0 Å². The summed E-state index contributed by atoms with van der Waals surface area (Å²) in [5.74, 6) is 0. The summed E-state index contributed by atoms with van der Waals surface area (Å²) >= 11 is 12.0. The van der Waals surface area contributed by atoms with Gasteiger partial charge in [0.05, 0.1) is 20.2 Å². The van der Waals surface area contributed by atoms with Crippen molar-refractivity contribution in [2.24, 2.45) is 0 Å². The Morgan fingerprint density at radius 2 is 0.708 bits per heavy atom. The highest BCUT2D eigenvalue weighted by Gasteiger charge is 2.55. The Morgan fingerprint density at radius 1 is 0.375 bits per heavy atom. The molecule has 10 rings (SSSR count). The Labute approximate surface area is 305 Å². The maximum absolute atomic E-state index is 2.49. The molecule has 0 saturated carbocycles. The van der Waals surface area contributed by atoms with E-state index < -0.39 is 0 Å². The van der Waals surface area contributed by atoms with E-state index in [9.17, 15) is 0 Å². The molecule has 0 nitrogen and oxygen atoms in total. The van der Waals surface area contributed by atoms with Crippen LogP contribution in [-0.2, 0) is 10.8 Å². The molecule has 6 heterocycles. The molecule has 0 fully saturated rings. The molecule has 0 N–H and O–H groups in total. The van der Waals surface area contributed by atoms with Crippen LogP contribution in [0.4, 0.5) is 0 Å². The quantitative estimate of drug-likeness (QED) is 0.169. The van der Waals surface area contributed by atoms with Gasteiger partial charge in [0.15, 0.2) is 0 Å². The number of thiophene rings is 6. The molecule has 0 aliphatic heterocycles. The molecule has 2 aliphatic carbocycles. The van der Waals surface area contributed by atoms with Gasteiger partial charge in [0, 0.05) is 59.9 Å². The molecule has 0 radical (unpaired) electrons. The first-order chi connectivity index (χ1) is 23.2. The van der Waals surface area contributed by atoms with Crippen molar-refractivity contribution in [2.75, 3.05) is 0 Å². The van der Waals surface area contributed by atoms with Crippen LogP contribution in [0.5, 0.6) is 0 Å². The summed E-state index contributed by atoms with van der Waals surface area (Å²) in [5.41, 5.74) is 10.7. The summed E-state index contributed by atoms with van der Waals surface area (Å²) in [4.78, 5) is 14.1. The number of fused-ring (bicyclic) bond motifs is 9. The van der Waals surface area contributed by atoms with Crippen LogP contribution in [0.2, 0.25) is 0 Å². The normalized spacial score (nSPS) is 15.2. The number of aryl methyl sites for hydroxylation is 6. The standard InChI is InChI=1S/C42H32S6/c1-21-7-13-27-29(19-21)41(31-15-9-23(3)43-31,32-16-10-24(4)44-32)35-37(27)47-40-36-38(48-39(35)40)28-14-8-22(2)20-30(28)42(36,33-17-11-25(5)45-33)34-18-12-26(6)46-34/h7-20H,1-6H3. The summed E-state index contributed by atoms with van der Waals surface area (Å²) in [6.45, 7) is 13.6. The van der Waals surface area contributed by atoms with Crippen molar-refractivity contribution < 1.29 is 0 Å². The average Bonchev–Trinajstić information content (AvgIpc) is 3.90. The second-order valence-electron chi connectivity index (χ2n) is 13.5. The summed E-state index contributed by atoms with van der Waals surface area (Å²) in [6, 6.07) is 33.5. The zero-order chi connectivity index (χ0) is 32.7. The van der Waals surface area contributed by atoms with E-state index in [2.05, 4.69) is 149 Å². The molecule has 2 aromatic carbocycles. The lowest BCUT2D eigenvalue weighted by molar-refractivity contribution is 0.813. The van der Waals surface area contributed by atoms with Gasteiger partial charge in [-0.15, -0.1) is 68.0 Å². The van der Waals surface area contributed by atoms with Gasteiger partial charge in [-0.05, 0) is 112 Å². The molecule has 0 spiro atoms. The van der Waals surface area contributed by atoms with Crippen LogP contribution >= 0.6 is 68.0 Å². The Bertz CT molecular complexity index is 2340. The van der Waals surface area contributed by atoms with Gasteiger partial charge in [-0.1, -0.05) is 47.5 Å². The minimum Gasteiger partial charge on any atom is -0.144 e. The van der Waals surface area contributed by atoms with Gasteiger partial charge in [0.2, 0.25) is 0 Å². The lowest BCUT2D eigenvalue weighted by Crippen LogP contribution is -2.27. The lowest BCUT2D eigenvalue weighted by Gasteiger charge is -2.31. The van der Waals surface area contributed by atoms with Crippen LogP contribution in [0.3, 0.4) is 0 Å². The Morgan fingerprint density at radius 3 is 1.00 bits per heavy atom. The van der Waals surface area contributed by atoms with Gasteiger partial charge < -0.3 is 0 Å². The van der Waals surface area contributed by atoms with Crippen LogP contribution in [0, 0.1) is 41.5 Å². The summed E-state index contributed by atoms with van der Waals surface area (Å²) in [5, 5.41) is 0. The number of hydrogen-bond donors (Lipinski definition) is 0. The highest BCUT2D eigenvalue weighted by molar-refractivity contribution is 7.32. The van der Waals surface area contributed by atoms with Gasteiger partial charge in [-0.2, -0.15) is 0 Å². The highest BCUT2D eigenvalue weighted by atomic mass is 32.1. The molecule has 2 aliphatic rings. The third kappa shape index (κ3) is 3.69. The number of rotatable bonds is 4. The molecule has 0 unspecified atom stereocenters. The van der Waals surface area contributed by atoms with E-state index in [-0.39, 0.29) is 10.8 Å². The maximum atomic E-state index is 2.49. The van der Waals surface area contributed by atoms with Gasteiger partial charge >= 0.3 is 0 Å². The van der Waals surface area contributed by atoms with Crippen molar-refractivity contribution in [3.8, 4) is 20.9 Å². The molecular formula is C42H32S6. The summed E-state index contributed by atoms with van der Waals surface area (Å²) < 4.78 is 2.95. The van der Waals surface area contributed by atoms with Crippen molar-refractivity contribution in [2.45, 2.75) is 52.4 Å². The monoisotopic (exact) mass is 728 g/mol. The fourth-order valence-electron chi connectivity index (χ4n) is 8.41. The van der Waals surface area contributed by atoms with Gasteiger partial charge in [-0.3, -0.25) is 0 Å². The lowest BCUT2D eigenvalue weighted by atomic mass is 9.74. The van der Waals surface area contributed by atoms with E-state index in [1.54, 1.807) is 0 Å². The van der Waals surface area contributed by atoms with Crippen LogP contribution in [0.15, 0.2) is 84.9 Å². The molecule has 0 saturated heterocycles. The third-order valence-electron chi connectivity index (χ3n) is 10.4. The van der Waals surface area contributed by atoms with Crippen molar-refractivity contribution in [1.82, 2.24) is 0 Å². The minimum atomic E-state index is -0.330. The average molecular weight is 729 g/mol. The fourth-order valence-corrected chi connectivity index (χ4v) is 16.1. The second-order valence-corrected chi connectivity index (χ2v) is 20.7. The largest absolute Gasteiger partial charge is 0.144 e. The van der Waals surface area contributed by atoms with E-state index in [1.807, 2.05) is 45.3 Å². The topological polar surface area (TPSA) is 0 Å². The van der Waals surface area contributed by atoms with Crippen molar-refractivity contribution in [3.63, 3.8) is 0 Å². The number of benzene rings is 2. The molecule has 0 amide bonds. The predicted octanol–water partition coefficient (Wildman–Crippen LogP) is 13.8. The minimum absolute atomic E-state index is 0.330. The first-order valence-corrected chi connectivity index (χ1v) is 21.2. The molecule has 8 aromatic rings. The molecule has 0 bridgehead atoms. The predicted molar refractivity (Wildman–Crippen MR) is 214 cm³/mol. The zero-order valence-corrected chi connectivity index (χ0v) is 32.4. The van der Waals surface area contributed by atoms with Crippen molar-refractivity contribution >= 4 is 77.4 Å². The van der Waals surface area contributed by atoms with Gasteiger partial charge in [-0.25, -0.2) is 0 Å². The number of hydrogen-bond acceptors (Lipinski definition) is 6. The molecule has 48 heavy (non-hydrogen) atoms.